The highest BCUT2D eigenvalue weighted by atomic mass is 19.4. The molecule has 3 rings (SSSR count). The van der Waals surface area contributed by atoms with Crippen molar-refractivity contribution >= 4 is 23.8 Å². The van der Waals surface area contributed by atoms with Crippen LogP contribution in [0, 0.1) is 0 Å². The van der Waals surface area contributed by atoms with Gasteiger partial charge in [0.15, 0.2) is 0 Å². The first-order valence-electron chi connectivity index (χ1n) is 12.5. The molecule has 2 fully saturated rings. The maximum absolute atomic E-state index is 12.9. The highest BCUT2D eigenvalue weighted by Crippen LogP contribution is 2.29. The summed E-state index contributed by atoms with van der Waals surface area (Å²) in [5.41, 5.74) is -1.75. The summed E-state index contributed by atoms with van der Waals surface area (Å²) in [5.74, 6) is -1.43. The van der Waals surface area contributed by atoms with E-state index in [0.29, 0.717) is 39.1 Å². The lowest BCUT2D eigenvalue weighted by Gasteiger charge is -2.36. The first kappa shape index (κ1) is 29.2. The Hall–Kier alpha value is -3.35. The molecule has 4 amide bonds. The van der Waals surface area contributed by atoms with Crippen molar-refractivity contribution in [3.63, 3.8) is 0 Å². The number of piperazine rings is 1. The van der Waals surface area contributed by atoms with E-state index in [4.69, 9.17) is 4.74 Å². The van der Waals surface area contributed by atoms with E-state index in [0.717, 1.165) is 24.6 Å². The molecule has 38 heavy (non-hydrogen) atoms. The third-order valence-corrected chi connectivity index (χ3v) is 6.18. The summed E-state index contributed by atoms with van der Waals surface area (Å²) in [4.78, 5) is 54.8. The van der Waals surface area contributed by atoms with Crippen LogP contribution in [0.4, 0.5) is 18.0 Å². The van der Waals surface area contributed by atoms with Gasteiger partial charge in [0.1, 0.15) is 5.60 Å². The van der Waals surface area contributed by atoms with Gasteiger partial charge in [-0.05, 0) is 51.8 Å². The van der Waals surface area contributed by atoms with Gasteiger partial charge >= 0.3 is 12.3 Å². The number of carbonyl (C=O) groups is 4. The fraction of sp³-hybridized carbons (Fsp3) is 0.600. The van der Waals surface area contributed by atoms with Gasteiger partial charge in [-0.1, -0.05) is 6.07 Å². The van der Waals surface area contributed by atoms with E-state index in [2.05, 4.69) is 10.6 Å². The van der Waals surface area contributed by atoms with Crippen molar-refractivity contribution in [2.45, 2.75) is 51.6 Å². The van der Waals surface area contributed by atoms with Crippen molar-refractivity contribution in [2.24, 2.45) is 0 Å². The third kappa shape index (κ3) is 8.33. The summed E-state index contributed by atoms with van der Waals surface area (Å²) >= 11 is 0. The Balaban J connectivity index is 1.44. The maximum Gasteiger partial charge on any atom is 0.416 e. The van der Waals surface area contributed by atoms with Gasteiger partial charge in [-0.15, -0.1) is 0 Å². The van der Waals surface area contributed by atoms with Crippen LogP contribution in [0.3, 0.4) is 0 Å². The molecule has 1 unspecified atom stereocenters. The minimum atomic E-state index is -4.58. The smallest absolute Gasteiger partial charge is 0.416 e. The summed E-state index contributed by atoms with van der Waals surface area (Å²) in [6, 6.07) is 3.95. The fourth-order valence-electron chi connectivity index (χ4n) is 4.25. The number of likely N-dealkylation sites (tertiary alicyclic amines) is 1. The Morgan fingerprint density at radius 2 is 1.66 bits per heavy atom. The Bertz CT molecular complexity index is 1030. The standard InChI is InChI=1S/C25H34F3N5O5/c1-24(2,3)38-23(37)32-12-10-31(11-13-32)21(35)16-33-9-5-8-19(33)30-20(34)15-29-22(36)17-6-4-7-18(14-17)25(26,27)28/h4,6-7,14,19H,5,8-13,15-16H2,1-3H3,(H,29,36)(H,30,34). The number of nitrogens with zero attached hydrogens (tertiary/aromatic N) is 3. The van der Waals surface area contributed by atoms with Crippen LogP contribution < -0.4 is 10.6 Å². The molecule has 2 aliphatic rings. The van der Waals surface area contributed by atoms with Gasteiger partial charge in [-0.3, -0.25) is 19.3 Å². The highest BCUT2D eigenvalue weighted by Gasteiger charge is 2.33. The lowest BCUT2D eigenvalue weighted by molar-refractivity contribution is -0.137. The normalized spacial score (nSPS) is 18.7. The van der Waals surface area contributed by atoms with Gasteiger partial charge in [0.25, 0.3) is 5.91 Å². The first-order valence-corrected chi connectivity index (χ1v) is 12.5. The number of rotatable bonds is 6. The third-order valence-electron chi connectivity index (χ3n) is 6.18. The molecule has 0 saturated carbocycles. The lowest BCUT2D eigenvalue weighted by Crippen LogP contribution is -2.55. The number of hydrogen-bond acceptors (Lipinski definition) is 6. The van der Waals surface area contributed by atoms with Gasteiger partial charge in [0.05, 0.1) is 24.8 Å². The van der Waals surface area contributed by atoms with E-state index >= 15 is 0 Å². The molecule has 2 N–H and O–H groups in total. The van der Waals surface area contributed by atoms with E-state index in [1.165, 1.54) is 6.07 Å². The largest absolute Gasteiger partial charge is 0.444 e. The lowest BCUT2D eigenvalue weighted by atomic mass is 10.1. The highest BCUT2D eigenvalue weighted by molar-refractivity contribution is 5.96. The molecule has 2 aliphatic heterocycles. The van der Waals surface area contributed by atoms with Crippen molar-refractivity contribution in [2.75, 3.05) is 45.8 Å². The Labute approximate surface area is 219 Å². The summed E-state index contributed by atoms with van der Waals surface area (Å²) in [6.07, 6.45) is -4.01. The van der Waals surface area contributed by atoms with Crippen LogP contribution in [0.1, 0.15) is 49.5 Å². The second kappa shape index (κ2) is 12.0. The van der Waals surface area contributed by atoms with Crippen molar-refractivity contribution in [1.82, 2.24) is 25.3 Å². The Kier molecular flexibility index (Phi) is 9.23. The second-order valence-electron chi connectivity index (χ2n) is 10.3. The zero-order chi connectivity index (χ0) is 28.1. The van der Waals surface area contributed by atoms with Gasteiger partial charge in [0, 0.05) is 38.3 Å². The topological polar surface area (TPSA) is 111 Å². The van der Waals surface area contributed by atoms with Gasteiger partial charge in [-0.25, -0.2) is 4.79 Å². The number of halogens is 3. The summed E-state index contributed by atoms with van der Waals surface area (Å²) in [6.45, 7) is 7.15. The molecule has 210 valence electrons. The zero-order valence-electron chi connectivity index (χ0n) is 21.8. The van der Waals surface area contributed by atoms with Crippen LogP contribution in [-0.2, 0) is 20.5 Å². The maximum atomic E-state index is 12.9. The van der Waals surface area contributed by atoms with Gasteiger partial charge in [-0.2, -0.15) is 13.2 Å². The van der Waals surface area contributed by atoms with Crippen LogP contribution in [0.5, 0.6) is 0 Å². The Morgan fingerprint density at radius 3 is 2.29 bits per heavy atom. The van der Waals surface area contributed by atoms with Crippen LogP contribution >= 0.6 is 0 Å². The van der Waals surface area contributed by atoms with Crippen molar-refractivity contribution in [3.8, 4) is 0 Å². The van der Waals surface area contributed by atoms with E-state index in [1.807, 2.05) is 4.90 Å². The molecule has 0 aliphatic carbocycles. The van der Waals surface area contributed by atoms with Crippen LogP contribution in [0.25, 0.3) is 0 Å². The van der Waals surface area contributed by atoms with E-state index in [-0.39, 0.29) is 18.0 Å². The number of hydrogen-bond donors (Lipinski definition) is 2. The van der Waals surface area contributed by atoms with Crippen LogP contribution in [-0.4, -0.2) is 96.1 Å². The van der Waals surface area contributed by atoms with Crippen LogP contribution in [0.2, 0.25) is 0 Å². The molecular weight excluding hydrogens is 507 g/mol. The average molecular weight is 542 g/mol. The second-order valence-corrected chi connectivity index (χ2v) is 10.3. The van der Waals surface area contributed by atoms with E-state index in [1.54, 1.807) is 30.6 Å². The summed E-state index contributed by atoms with van der Waals surface area (Å²) in [7, 11) is 0. The fourth-order valence-corrected chi connectivity index (χ4v) is 4.25. The molecule has 0 aromatic heterocycles. The molecule has 1 aromatic carbocycles. The number of benzene rings is 1. The monoisotopic (exact) mass is 541 g/mol. The molecule has 0 bridgehead atoms. The molecule has 1 atom stereocenters. The van der Waals surface area contributed by atoms with Crippen LogP contribution in [0.15, 0.2) is 24.3 Å². The molecule has 0 spiro atoms. The number of alkyl halides is 3. The van der Waals surface area contributed by atoms with Crippen molar-refractivity contribution < 1.29 is 37.1 Å². The molecule has 1 aromatic rings. The quantitative estimate of drug-likeness (QED) is 0.571. The Morgan fingerprint density at radius 1 is 1.00 bits per heavy atom. The van der Waals surface area contributed by atoms with Crippen molar-refractivity contribution in [1.29, 1.82) is 0 Å². The summed E-state index contributed by atoms with van der Waals surface area (Å²) < 4.78 is 44.0. The van der Waals surface area contributed by atoms with E-state index in [9.17, 15) is 32.3 Å². The van der Waals surface area contributed by atoms with Gasteiger partial charge in [0.2, 0.25) is 11.8 Å². The minimum Gasteiger partial charge on any atom is -0.444 e. The number of ether oxygens (including phenoxy) is 1. The average Bonchev–Trinajstić information content (AvgIpc) is 3.27. The number of amides is 4. The van der Waals surface area contributed by atoms with Gasteiger partial charge < -0.3 is 25.2 Å². The molecule has 10 nitrogen and oxygen atoms in total. The zero-order valence-corrected chi connectivity index (χ0v) is 21.8. The number of carbonyl (C=O) groups excluding carboxylic acids is 4. The molecule has 2 heterocycles. The van der Waals surface area contributed by atoms with Crippen molar-refractivity contribution in [3.05, 3.63) is 35.4 Å². The SMILES string of the molecule is CC(C)(C)OC(=O)N1CCN(C(=O)CN2CCCC2NC(=O)CNC(=O)c2cccc(C(F)(F)F)c2)CC1. The van der Waals surface area contributed by atoms with E-state index < -0.39 is 48.0 Å². The molecular formula is C25H34F3N5O5. The number of nitrogens with one attached hydrogen (secondary N) is 2. The molecule has 13 heteroatoms. The molecule has 2 saturated heterocycles. The molecule has 0 radical (unpaired) electrons. The first-order chi connectivity index (χ1) is 17.7. The summed E-state index contributed by atoms with van der Waals surface area (Å²) in [5, 5.41) is 5.11. The minimum absolute atomic E-state index is 0.0912. The predicted molar refractivity (Wildman–Crippen MR) is 131 cm³/mol. The predicted octanol–water partition coefficient (Wildman–Crippen LogP) is 2.05.